The predicted molar refractivity (Wildman–Crippen MR) is 116 cm³/mol. The summed E-state index contributed by atoms with van der Waals surface area (Å²) in [5.74, 6) is 1.51. The number of pyridine rings is 1. The lowest BCUT2D eigenvalue weighted by atomic mass is 9.83. The number of carbonyl (C=O) groups is 2. The van der Waals surface area contributed by atoms with Gasteiger partial charge in [0, 0.05) is 30.8 Å². The maximum atomic E-state index is 12.7. The Kier molecular flexibility index (Phi) is 5.75. The zero-order valence-electron chi connectivity index (χ0n) is 16.7. The normalized spacial score (nSPS) is 15.0. The van der Waals surface area contributed by atoms with Crippen molar-refractivity contribution in [3.63, 3.8) is 0 Å². The highest BCUT2D eigenvalue weighted by molar-refractivity contribution is 5.92. The van der Waals surface area contributed by atoms with Crippen LogP contribution in [0.5, 0.6) is 11.5 Å². The molecule has 1 atom stereocenters. The van der Waals surface area contributed by atoms with Crippen LogP contribution in [0.25, 0.3) is 0 Å². The fourth-order valence-electron chi connectivity index (χ4n) is 3.65. The van der Waals surface area contributed by atoms with Crippen LogP contribution in [-0.2, 0) is 22.4 Å². The number of aryl methyl sites for hydroxylation is 1. The maximum absolute atomic E-state index is 12.7. The molecule has 1 aliphatic carbocycles. The van der Waals surface area contributed by atoms with E-state index in [1.54, 1.807) is 18.3 Å². The first-order valence-corrected chi connectivity index (χ1v) is 9.96. The highest BCUT2D eigenvalue weighted by atomic mass is 16.5. The molecular weight excluding hydrogens is 378 g/mol. The summed E-state index contributed by atoms with van der Waals surface area (Å²) in [6, 6.07) is 18.9. The summed E-state index contributed by atoms with van der Waals surface area (Å²) < 4.78 is 5.97. The van der Waals surface area contributed by atoms with Crippen LogP contribution in [-0.4, -0.2) is 16.8 Å². The van der Waals surface area contributed by atoms with E-state index in [-0.39, 0.29) is 17.7 Å². The molecule has 0 fully saturated rings. The third-order valence-electron chi connectivity index (χ3n) is 5.09. The summed E-state index contributed by atoms with van der Waals surface area (Å²) in [4.78, 5) is 28.0. The van der Waals surface area contributed by atoms with Gasteiger partial charge in [0.1, 0.15) is 17.3 Å². The summed E-state index contributed by atoms with van der Waals surface area (Å²) in [6.45, 7) is 1.43. The lowest BCUT2D eigenvalue weighted by Crippen LogP contribution is -2.28. The lowest BCUT2D eigenvalue weighted by molar-refractivity contribution is -0.120. The molecule has 4 rings (SSSR count). The molecule has 30 heavy (non-hydrogen) atoms. The van der Waals surface area contributed by atoms with E-state index < -0.39 is 0 Å². The average molecular weight is 401 g/mol. The molecule has 2 amide bonds. The Bertz CT molecular complexity index is 1070. The number of anilines is 2. The number of rotatable bonds is 5. The molecule has 2 aromatic carbocycles. The zero-order valence-corrected chi connectivity index (χ0v) is 16.7. The van der Waals surface area contributed by atoms with Gasteiger partial charge in [-0.2, -0.15) is 0 Å². The van der Waals surface area contributed by atoms with Gasteiger partial charge in [-0.25, -0.2) is 4.98 Å². The first kappa shape index (κ1) is 19.6. The van der Waals surface area contributed by atoms with Crippen LogP contribution in [0, 0.1) is 5.92 Å². The van der Waals surface area contributed by atoms with E-state index in [0.29, 0.717) is 23.7 Å². The first-order valence-electron chi connectivity index (χ1n) is 9.96. The standard InChI is InChI=1S/C24H23N3O3/c1-16(28)26-23-15-22(11-12-25-23)30-21-10-9-17-7-8-18(13-19(17)14-21)24(29)27-20-5-3-2-4-6-20/h2-6,9-12,14-15,18H,7-8,13H2,1H3,(H,27,29)(H,25,26,28). The third kappa shape index (κ3) is 4.84. The number of aromatic nitrogens is 1. The van der Waals surface area contributed by atoms with Crippen LogP contribution in [0.3, 0.4) is 0 Å². The number of amides is 2. The highest BCUT2D eigenvalue weighted by Crippen LogP contribution is 2.31. The van der Waals surface area contributed by atoms with Gasteiger partial charge in [0.05, 0.1) is 0 Å². The van der Waals surface area contributed by atoms with E-state index in [4.69, 9.17) is 4.74 Å². The van der Waals surface area contributed by atoms with Crippen LogP contribution >= 0.6 is 0 Å². The second-order valence-corrected chi connectivity index (χ2v) is 7.39. The van der Waals surface area contributed by atoms with Gasteiger partial charge in [0.15, 0.2) is 0 Å². The van der Waals surface area contributed by atoms with Gasteiger partial charge >= 0.3 is 0 Å². The minimum absolute atomic E-state index is 0.0484. The van der Waals surface area contributed by atoms with Crippen LogP contribution in [0.15, 0.2) is 66.9 Å². The second-order valence-electron chi connectivity index (χ2n) is 7.39. The molecule has 0 saturated carbocycles. The quantitative estimate of drug-likeness (QED) is 0.656. The molecule has 0 spiro atoms. The van der Waals surface area contributed by atoms with E-state index >= 15 is 0 Å². The summed E-state index contributed by atoms with van der Waals surface area (Å²) in [5.41, 5.74) is 3.20. The minimum atomic E-state index is -0.187. The lowest BCUT2D eigenvalue weighted by Gasteiger charge is -2.24. The van der Waals surface area contributed by atoms with Gasteiger partial charge in [0.2, 0.25) is 11.8 Å². The smallest absolute Gasteiger partial charge is 0.227 e. The van der Waals surface area contributed by atoms with Crippen molar-refractivity contribution in [2.24, 2.45) is 5.92 Å². The van der Waals surface area contributed by atoms with Crippen molar-refractivity contribution in [2.45, 2.75) is 26.2 Å². The van der Waals surface area contributed by atoms with Crippen molar-refractivity contribution in [1.82, 2.24) is 4.98 Å². The number of nitrogens with zero attached hydrogens (tertiary/aromatic N) is 1. The van der Waals surface area contributed by atoms with Crippen LogP contribution in [0.2, 0.25) is 0 Å². The van der Waals surface area contributed by atoms with E-state index in [0.717, 1.165) is 24.1 Å². The van der Waals surface area contributed by atoms with Crippen molar-refractivity contribution in [1.29, 1.82) is 0 Å². The van der Waals surface area contributed by atoms with Gasteiger partial charge < -0.3 is 15.4 Å². The maximum Gasteiger partial charge on any atom is 0.227 e. The third-order valence-corrected chi connectivity index (χ3v) is 5.09. The number of nitrogens with one attached hydrogen (secondary N) is 2. The molecule has 1 unspecified atom stereocenters. The molecule has 6 nitrogen and oxygen atoms in total. The van der Waals surface area contributed by atoms with Gasteiger partial charge in [-0.05, 0) is 60.7 Å². The van der Waals surface area contributed by atoms with Crippen LogP contribution in [0.1, 0.15) is 24.5 Å². The molecule has 6 heteroatoms. The van der Waals surface area contributed by atoms with Crippen LogP contribution < -0.4 is 15.4 Å². The van der Waals surface area contributed by atoms with Crippen molar-refractivity contribution in [3.05, 3.63) is 78.0 Å². The molecular formula is C24H23N3O3. The molecule has 2 N–H and O–H groups in total. The minimum Gasteiger partial charge on any atom is -0.457 e. The van der Waals surface area contributed by atoms with Crippen molar-refractivity contribution >= 4 is 23.3 Å². The predicted octanol–water partition coefficient (Wildman–Crippen LogP) is 4.58. The Hall–Kier alpha value is -3.67. The molecule has 1 aliphatic rings. The Morgan fingerprint density at radius 3 is 2.57 bits per heavy atom. The zero-order chi connectivity index (χ0) is 20.9. The van der Waals surface area contributed by atoms with Crippen molar-refractivity contribution in [3.8, 4) is 11.5 Å². The number of benzene rings is 2. The van der Waals surface area contributed by atoms with E-state index in [2.05, 4.69) is 21.7 Å². The number of fused-ring (bicyclic) bond motifs is 1. The van der Waals surface area contributed by atoms with Crippen molar-refractivity contribution in [2.75, 3.05) is 10.6 Å². The summed E-state index contributed by atoms with van der Waals surface area (Å²) >= 11 is 0. The Balaban J connectivity index is 1.45. The molecule has 1 aromatic heterocycles. The number of hydrogen-bond acceptors (Lipinski definition) is 4. The second kappa shape index (κ2) is 8.78. The molecule has 1 heterocycles. The number of ether oxygens (including phenoxy) is 1. The molecule has 152 valence electrons. The summed E-state index contributed by atoms with van der Waals surface area (Å²) in [5, 5.41) is 5.65. The van der Waals surface area contributed by atoms with E-state index in [1.807, 2.05) is 42.5 Å². The fraction of sp³-hybridized carbons (Fsp3) is 0.208. The largest absolute Gasteiger partial charge is 0.457 e. The molecule has 0 bridgehead atoms. The van der Waals surface area contributed by atoms with Gasteiger partial charge in [-0.3, -0.25) is 9.59 Å². The highest BCUT2D eigenvalue weighted by Gasteiger charge is 2.25. The van der Waals surface area contributed by atoms with Gasteiger partial charge in [-0.1, -0.05) is 24.3 Å². The topological polar surface area (TPSA) is 80.3 Å². The Morgan fingerprint density at radius 1 is 0.967 bits per heavy atom. The SMILES string of the molecule is CC(=O)Nc1cc(Oc2ccc3c(c2)CC(C(=O)Nc2ccccc2)CC3)ccn1. The van der Waals surface area contributed by atoms with E-state index in [9.17, 15) is 9.59 Å². The summed E-state index contributed by atoms with van der Waals surface area (Å²) in [6.07, 6.45) is 3.96. The summed E-state index contributed by atoms with van der Waals surface area (Å²) in [7, 11) is 0. The van der Waals surface area contributed by atoms with E-state index in [1.165, 1.54) is 12.5 Å². The molecule has 0 aliphatic heterocycles. The number of hydrogen-bond donors (Lipinski definition) is 2. The van der Waals surface area contributed by atoms with Crippen molar-refractivity contribution < 1.29 is 14.3 Å². The fourth-order valence-corrected chi connectivity index (χ4v) is 3.65. The number of para-hydroxylation sites is 1. The Morgan fingerprint density at radius 2 is 1.77 bits per heavy atom. The molecule has 3 aromatic rings. The van der Waals surface area contributed by atoms with Gasteiger partial charge in [-0.15, -0.1) is 0 Å². The van der Waals surface area contributed by atoms with Crippen LogP contribution in [0.4, 0.5) is 11.5 Å². The Labute approximate surface area is 175 Å². The molecule has 0 radical (unpaired) electrons. The molecule has 0 saturated heterocycles. The van der Waals surface area contributed by atoms with Gasteiger partial charge in [0.25, 0.3) is 0 Å². The first-order chi connectivity index (χ1) is 14.6. The monoisotopic (exact) mass is 401 g/mol. The number of carbonyl (C=O) groups excluding carboxylic acids is 2. The average Bonchev–Trinajstić information content (AvgIpc) is 2.74.